The molecule has 0 aromatic heterocycles. The lowest BCUT2D eigenvalue weighted by Crippen LogP contribution is -2.29. The maximum absolute atomic E-state index is 13.4. The van der Waals surface area contributed by atoms with Crippen LogP contribution in [0.4, 0.5) is 5.69 Å². The van der Waals surface area contributed by atoms with Gasteiger partial charge < -0.3 is 34.4 Å². The molecule has 1 fully saturated rings. The summed E-state index contributed by atoms with van der Waals surface area (Å²) in [5, 5.41) is 42.3. The van der Waals surface area contributed by atoms with Crippen molar-refractivity contribution < 1.29 is 58.7 Å². The first kappa shape index (κ1) is 41.2. The zero-order valence-corrected chi connectivity index (χ0v) is 31.9. The van der Waals surface area contributed by atoms with Crippen LogP contribution in [0, 0.1) is 30.3 Å². The first-order valence-corrected chi connectivity index (χ1v) is 24.4. The molecule has 2 atom stereocenters. The van der Waals surface area contributed by atoms with Gasteiger partial charge in [-0.25, -0.2) is 4.79 Å². The van der Waals surface area contributed by atoms with Crippen LogP contribution in [0.3, 0.4) is 0 Å². The molecule has 0 spiro atoms. The second kappa shape index (κ2) is 18.0. The van der Waals surface area contributed by atoms with Crippen LogP contribution in [0.1, 0.15) is 36.5 Å². The molecule has 1 heterocycles. The summed E-state index contributed by atoms with van der Waals surface area (Å²) in [6.45, 7) is 0.555. The number of aromatic hydroxyl groups is 1. The Bertz CT molecular complexity index is 1990. The van der Waals surface area contributed by atoms with Gasteiger partial charge in [0.1, 0.15) is 41.6 Å². The average Bonchev–Trinajstić information content (AvgIpc) is 3.06. The number of hydrogen-bond acceptors (Lipinski definition) is 19. The summed E-state index contributed by atoms with van der Waals surface area (Å²) in [4.78, 5) is 83.7. The van der Waals surface area contributed by atoms with Crippen LogP contribution in [0.25, 0.3) is 0 Å². The summed E-state index contributed by atoms with van der Waals surface area (Å²) in [6, 6.07) is 16.6. The SMILES string of the molecule is CCC(CC(=O)Nc1ccc(C(=O)Oc2ccc(P3(=S)SP(=S)(c4ccc(O)cc4)S3)cc2)c(OC(=O)CC(CO[N+](=O)[O-])O[N+](=O)[O-])c1)O[N+](=O)[O-]. The van der Waals surface area contributed by atoms with Crippen molar-refractivity contribution in [3.8, 4) is 17.2 Å². The third-order valence-electron chi connectivity index (χ3n) is 6.77. The fraction of sp³-hybridized carbons (Fsp3) is 0.250. The lowest BCUT2D eigenvalue weighted by Gasteiger charge is -2.40. The zero-order valence-electron chi connectivity index (χ0n) is 26.9. The molecule has 1 saturated heterocycles. The fourth-order valence-electron chi connectivity index (χ4n) is 4.36. The highest BCUT2D eigenvalue weighted by Gasteiger charge is 2.46. The van der Waals surface area contributed by atoms with Crippen molar-refractivity contribution in [3.63, 3.8) is 0 Å². The van der Waals surface area contributed by atoms with Crippen LogP contribution in [-0.4, -0.2) is 57.0 Å². The molecule has 0 bridgehead atoms. The van der Waals surface area contributed by atoms with E-state index in [-0.39, 0.29) is 29.2 Å². The Morgan fingerprint density at radius 2 is 1.38 bits per heavy atom. The second-order valence-corrected chi connectivity index (χ2v) is 31.8. The first-order chi connectivity index (χ1) is 25.0. The Labute approximate surface area is 316 Å². The number of ether oxygens (including phenoxy) is 2. The smallest absolute Gasteiger partial charge is 0.347 e. The lowest BCUT2D eigenvalue weighted by atomic mass is 10.1. The fourth-order valence-corrected chi connectivity index (χ4v) is 46.6. The first-order valence-electron chi connectivity index (χ1n) is 14.8. The van der Waals surface area contributed by atoms with E-state index in [1.54, 1.807) is 65.3 Å². The summed E-state index contributed by atoms with van der Waals surface area (Å²) in [6.07, 6.45) is -4.09. The van der Waals surface area contributed by atoms with Gasteiger partial charge in [-0.3, -0.25) is 9.59 Å². The third-order valence-corrected chi connectivity index (χ3v) is 38.0. The quantitative estimate of drug-likeness (QED) is 0.0557. The molecule has 2 unspecified atom stereocenters. The molecule has 1 amide bonds. The van der Waals surface area contributed by atoms with E-state index in [0.29, 0.717) is 0 Å². The summed E-state index contributed by atoms with van der Waals surface area (Å²) in [5.74, 6) is -3.29. The van der Waals surface area contributed by atoms with Gasteiger partial charge in [-0.15, -0.1) is 30.3 Å². The molecule has 2 N–H and O–H groups in total. The van der Waals surface area contributed by atoms with Gasteiger partial charge in [-0.1, -0.05) is 52.5 Å². The number of esters is 2. The number of phenols is 1. The molecular formula is C28H26N4O15P2S4. The Morgan fingerprint density at radius 1 is 0.811 bits per heavy atom. The van der Waals surface area contributed by atoms with E-state index in [1.165, 1.54) is 18.2 Å². The van der Waals surface area contributed by atoms with Gasteiger partial charge in [-0.05, 0) is 67.1 Å². The van der Waals surface area contributed by atoms with Crippen molar-refractivity contribution >= 4 is 88.6 Å². The monoisotopic (exact) mass is 848 g/mol. The number of rotatable bonds is 18. The van der Waals surface area contributed by atoms with E-state index >= 15 is 0 Å². The molecule has 0 aliphatic carbocycles. The molecule has 25 heteroatoms. The van der Waals surface area contributed by atoms with Crippen molar-refractivity contribution in [2.75, 3.05) is 11.9 Å². The number of nitrogens with zero attached hydrogens (tertiary/aromatic N) is 3. The molecule has 4 rings (SSSR count). The number of phenolic OH excluding ortho intramolecular Hbond substituents is 1. The largest absolute Gasteiger partial charge is 0.508 e. The highest BCUT2D eigenvalue weighted by atomic mass is 33.7. The topological polar surface area (TPSA) is 259 Å². The van der Waals surface area contributed by atoms with Crippen LogP contribution in [0.5, 0.6) is 17.2 Å². The number of nitrogens with one attached hydrogen (secondary N) is 1. The molecule has 1 aliphatic heterocycles. The highest BCUT2D eigenvalue weighted by molar-refractivity contribution is 9.48. The van der Waals surface area contributed by atoms with Crippen molar-refractivity contribution in [1.29, 1.82) is 0 Å². The molecule has 0 radical (unpaired) electrons. The van der Waals surface area contributed by atoms with E-state index in [9.17, 15) is 49.8 Å². The van der Waals surface area contributed by atoms with Crippen LogP contribution < -0.4 is 25.4 Å². The maximum atomic E-state index is 13.4. The van der Waals surface area contributed by atoms with Gasteiger partial charge in [-0.2, -0.15) is 0 Å². The van der Waals surface area contributed by atoms with Crippen LogP contribution >= 0.6 is 30.9 Å². The molecule has 1 aliphatic rings. The molecule has 282 valence electrons. The number of carbonyl (C=O) groups excluding carboxylic acids is 3. The van der Waals surface area contributed by atoms with E-state index in [0.717, 1.165) is 22.7 Å². The highest BCUT2D eigenvalue weighted by Crippen LogP contribution is 3.04. The molecule has 0 saturated carbocycles. The van der Waals surface area contributed by atoms with Gasteiger partial charge in [0.25, 0.3) is 15.3 Å². The van der Waals surface area contributed by atoms with Gasteiger partial charge in [0, 0.05) is 22.4 Å². The average molecular weight is 849 g/mol. The van der Waals surface area contributed by atoms with Crippen molar-refractivity contribution in [3.05, 3.63) is 103 Å². The predicted octanol–water partition coefficient (Wildman–Crippen LogP) is 5.06. The molecule has 3 aromatic carbocycles. The second-order valence-electron chi connectivity index (χ2n) is 10.5. The summed E-state index contributed by atoms with van der Waals surface area (Å²) in [5.41, 5.74) is -0.378. The summed E-state index contributed by atoms with van der Waals surface area (Å²) in [7, 11) is 0. The summed E-state index contributed by atoms with van der Waals surface area (Å²) < 4.78 is 6.56. The standard InChI is InChI=1S/C28H26N4O15P2S4/c1-2-19(46-31(39)40)14-26(34)29-17-3-12-24(25(13-17)45-27(35)15-21(47-32(41)42)16-43-30(37)38)28(36)44-20-6-10-23(11-7-20)49(51)52-48(50,53-49)22-8-4-18(33)5-9-22/h3-13,19,21,33H,2,14-16H2,1H3,(H,29,34). The van der Waals surface area contributed by atoms with Gasteiger partial charge in [0.05, 0.1) is 21.7 Å². The number of carbonyl (C=O) groups is 3. The van der Waals surface area contributed by atoms with Crippen LogP contribution in [-0.2, 0) is 47.7 Å². The predicted molar refractivity (Wildman–Crippen MR) is 199 cm³/mol. The van der Waals surface area contributed by atoms with Gasteiger partial charge >= 0.3 is 11.9 Å². The van der Waals surface area contributed by atoms with E-state index in [4.69, 9.17) is 33.1 Å². The number of hydrogen-bond donors (Lipinski definition) is 2. The molecule has 19 nitrogen and oxygen atoms in total. The van der Waals surface area contributed by atoms with Gasteiger partial charge in [0.15, 0.2) is 0 Å². The molecular weight excluding hydrogens is 823 g/mol. The third kappa shape index (κ3) is 11.7. The normalized spacial score (nSPS) is 18.6. The maximum Gasteiger partial charge on any atom is 0.347 e. The molecule has 53 heavy (non-hydrogen) atoms. The van der Waals surface area contributed by atoms with E-state index < -0.39 is 79.4 Å². The van der Waals surface area contributed by atoms with Gasteiger partial charge in [0.2, 0.25) is 5.91 Å². The van der Waals surface area contributed by atoms with E-state index in [1.807, 2.05) is 0 Å². The zero-order chi connectivity index (χ0) is 38.9. The minimum absolute atomic E-state index is 0.0346. The van der Waals surface area contributed by atoms with E-state index in [2.05, 4.69) is 19.8 Å². The number of anilines is 1. The molecule has 3 aromatic rings. The van der Waals surface area contributed by atoms with Crippen molar-refractivity contribution in [1.82, 2.24) is 0 Å². The Kier molecular flexibility index (Phi) is 14.0. The van der Waals surface area contributed by atoms with Crippen LogP contribution in [0.15, 0.2) is 66.7 Å². The Balaban J connectivity index is 1.51. The van der Waals surface area contributed by atoms with Crippen molar-refractivity contribution in [2.24, 2.45) is 0 Å². The number of benzene rings is 3. The summed E-state index contributed by atoms with van der Waals surface area (Å²) >= 11 is 15.0. The number of amides is 1. The van der Waals surface area contributed by atoms with Crippen molar-refractivity contribution in [2.45, 2.75) is 38.4 Å². The van der Waals surface area contributed by atoms with Crippen LogP contribution in [0.2, 0.25) is 0 Å². The Hall–Kier alpha value is -4.53. The minimum atomic E-state index is -2.17. The minimum Gasteiger partial charge on any atom is -0.508 e. The lowest BCUT2D eigenvalue weighted by molar-refractivity contribution is -0.789. The Morgan fingerprint density at radius 3 is 1.92 bits per heavy atom.